The second-order valence-electron chi connectivity index (χ2n) is 5.02. The molecule has 0 heterocycles. The average Bonchev–Trinajstić information content (AvgIpc) is 2.52. The fraction of sp³-hybridized carbons (Fsp3) is 0.200. The van der Waals surface area contributed by atoms with Crippen molar-refractivity contribution in [1.82, 2.24) is 0 Å². The van der Waals surface area contributed by atoms with Crippen LogP contribution in [0.15, 0.2) is 46.2 Å². The molecular weight excluding hydrogens is 372 g/mol. The van der Waals surface area contributed by atoms with Crippen LogP contribution in [0.5, 0.6) is 11.5 Å². The Bertz CT molecular complexity index is 913. The van der Waals surface area contributed by atoms with Crippen molar-refractivity contribution in [2.45, 2.75) is 16.2 Å². The standard InChI is InChI=1S/C15H16O8S2/c1-22-14-10(5-3-7-12(14)24(16,17)18)9-11-6-4-8-13(15(11)23-2)25(19,20)21/h3-8H,9H2,1-2H3,(H,16,17,18)(H,19,20,21). The first kappa shape index (κ1) is 19.2. The average molecular weight is 388 g/mol. The highest BCUT2D eigenvalue weighted by atomic mass is 32.2. The Hall–Kier alpha value is -2.14. The van der Waals surface area contributed by atoms with E-state index < -0.39 is 30.0 Å². The highest BCUT2D eigenvalue weighted by molar-refractivity contribution is 7.86. The smallest absolute Gasteiger partial charge is 0.298 e. The van der Waals surface area contributed by atoms with Gasteiger partial charge in [-0.15, -0.1) is 0 Å². The minimum atomic E-state index is -4.50. The van der Waals surface area contributed by atoms with E-state index >= 15 is 0 Å². The van der Waals surface area contributed by atoms with E-state index in [1.54, 1.807) is 12.1 Å². The Balaban J connectivity index is 2.62. The molecule has 25 heavy (non-hydrogen) atoms. The Labute approximate surface area is 145 Å². The van der Waals surface area contributed by atoms with E-state index in [1.807, 2.05) is 0 Å². The van der Waals surface area contributed by atoms with Crippen LogP contribution in [0.1, 0.15) is 11.1 Å². The number of methoxy groups -OCH3 is 2. The summed E-state index contributed by atoms with van der Waals surface area (Å²) in [5.74, 6) is -0.131. The molecule has 0 unspecified atom stereocenters. The summed E-state index contributed by atoms with van der Waals surface area (Å²) < 4.78 is 74.7. The Morgan fingerprint density at radius 1 is 0.760 bits per heavy atom. The number of ether oxygens (including phenoxy) is 2. The summed E-state index contributed by atoms with van der Waals surface area (Å²) >= 11 is 0. The van der Waals surface area contributed by atoms with Crippen LogP contribution in [0.25, 0.3) is 0 Å². The summed E-state index contributed by atoms with van der Waals surface area (Å²) in [6.07, 6.45) is 0.0407. The second-order valence-corrected chi connectivity index (χ2v) is 7.80. The SMILES string of the molecule is COc1c(Cc2cccc(S(=O)(=O)O)c2OC)cccc1S(=O)(=O)O. The van der Waals surface area contributed by atoms with Crippen molar-refractivity contribution < 1.29 is 35.4 Å². The molecule has 0 bridgehead atoms. The van der Waals surface area contributed by atoms with E-state index in [0.29, 0.717) is 11.1 Å². The lowest BCUT2D eigenvalue weighted by Crippen LogP contribution is -2.06. The normalized spacial score (nSPS) is 12.0. The molecule has 2 aromatic rings. The molecule has 2 rings (SSSR count). The summed E-state index contributed by atoms with van der Waals surface area (Å²) in [6, 6.07) is 8.33. The highest BCUT2D eigenvalue weighted by Gasteiger charge is 2.23. The summed E-state index contributed by atoms with van der Waals surface area (Å²) in [5.41, 5.74) is 0.756. The highest BCUT2D eigenvalue weighted by Crippen LogP contribution is 2.34. The lowest BCUT2D eigenvalue weighted by atomic mass is 10.0. The van der Waals surface area contributed by atoms with Crippen LogP contribution >= 0.6 is 0 Å². The minimum Gasteiger partial charge on any atom is -0.495 e. The van der Waals surface area contributed by atoms with Crippen molar-refractivity contribution in [3.05, 3.63) is 47.5 Å². The van der Waals surface area contributed by atoms with Gasteiger partial charge in [0.25, 0.3) is 20.2 Å². The van der Waals surface area contributed by atoms with Crippen molar-refractivity contribution in [1.29, 1.82) is 0 Å². The Kier molecular flexibility index (Phi) is 5.37. The van der Waals surface area contributed by atoms with E-state index in [0.717, 1.165) is 0 Å². The third kappa shape index (κ3) is 4.10. The quantitative estimate of drug-likeness (QED) is 0.717. The maximum Gasteiger partial charge on any atom is 0.298 e. The van der Waals surface area contributed by atoms with Gasteiger partial charge in [0.15, 0.2) is 0 Å². The van der Waals surface area contributed by atoms with Crippen LogP contribution in [-0.2, 0) is 26.7 Å². The third-order valence-corrected chi connectivity index (χ3v) is 5.22. The first-order chi connectivity index (χ1) is 11.6. The molecule has 0 atom stereocenters. The molecule has 0 fully saturated rings. The van der Waals surface area contributed by atoms with Gasteiger partial charge in [-0.3, -0.25) is 9.11 Å². The number of benzene rings is 2. The van der Waals surface area contributed by atoms with Gasteiger partial charge in [-0.1, -0.05) is 24.3 Å². The van der Waals surface area contributed by atoms with Crippen molar-refractivity contribution in [3.63, 3.8) is 0 Å². The first-order valence-electron chi connectivity index (χ1n) is 6.86. The molecule has 0 aliphatic rings. The predicted octanol–water partition coefficient (Wildman–Crippen LogP) is 1.79. The largest absolute Gasteiger partial charge is 0.495 e. The molecule has 2 aromatic carbocycles. The maximum absolute atomic E-state index is 11.5. The number of rotatable bonds is 6. The zero-order valence-corrected chi connectivity index (χ0v) is 15.0. The zero-order valence-electron chi connectivity index (χ0n) is 13.3. The fourth-order valence-electron chi connectivity index (χ4n) is 2.48. The molecule has 0 aliphatic heterocycles. The molecule has 0 spiro atoms. The monoisotopic (exact) mass is 388 g/mol. The number of para-hydroxylation sites is 2. The van der Waals surface area contributed by atoms with Gasteiger partial charge in [0, 0.05) is 17.5 Å². The lowest BCUT2D eigenvalue weighted by molar-refractivity contribution is 0.388. The molecule has 2 N–H and O–H groups in total. The molecule has 8 nitrogen and oxygen atoms in total. The third-order valence-electron chi connectivity index (χ3n) is 3.47. The van der Waals surface area contributed by atoms with Crippen LogP contribution in [-0.4, -0.2) is 40.2 Å². The molecule has 10 heteroatoms. The van der Waals surface area contributed by atoms with Gasteiger partial charge in [0.2, 0.25) is 0 Å². The summed E-state index contributed by atoms with van der Waals surface area (Å²) in [7, 11) is -6.50. The van der Waals surface area contributed by atoms with E-state index in [4.69, 9.17) is 9.47 Å². The van der Waals surface area contributed by atoms with Crippen LogP contribution in [0.2, 0.25) is 0 Å². The second kappa shape index (κ2) is 7.00. The summed E-state index contributed by atoms with van der Waals surface area (Å²) in [4.78, 5) is -0.810. The van der Waals surface area contributed by atoms with Gasteiger partial charge in [-0.2, -0.15) is 16.8 Å². The number of hydrogen-bond acceptors (Lipinski definition) is 6. The Morgan fingerprint density at radius 3 is 1.40 bits per heavy atom. The molecule has 0 saturated carbocycles. The minimum absolute atomic E-state index is 0.0407. The van der Waals surface area contributed by atoms with Crippen molar-refractivity contribution in [2.24, 2.45) is 0 Å². The van der Waals surface area contributed by atoms with Gasteiger partial charge in [0.05, 0.1) is 14.2 Å². The van der Waals surface area contributed by atoms with Crippen molar-refractivity contribution >= 4 is 20.2 Å². The van der Waals surface area contributed by atoms with Gasteiger partial charge < -0.3 is 9.47 Å². The molecular formula is C15H16O8S2. The fourth-order valence-corrected chi connectivity index (χ4v) is 3.87. The zero-order chi connectivity index (χ0) is 18.8. The van der Waals surface area contributed by atoms with E-state index in [9.17, 15) is 25.9 Å². The Morgan fingerprint density at radius 2 is 1.12 bits per heavy atom. The van der Waals surface area contributed by atoms with Crippen LogP contribution in [0, 0.1) is 0 Å². The molecule has 136 valence electrons. The molecule has 0 saturated heterocycles. The lowest BCUT2D eigenvalue weighted by Gasteiger charge is -2.15. The predicted molar refractivity (Wildman–Crippen MR) is 88.4 cm³/mol. The van der Waals surface area contributed by atoms with Crippen LogP contribution in [0.4, 0.5) is 0 Å². The van der Waals surface area contributed by atoms with E-state index in [1.165, 1.54) is 38.5 Å². The van der Waals surface area contributed by atoms with E-state index in [2.05, 4.69) is 0 Å². The van der Waals surface area contributed by atoms with Gasteiger partial charge in [-0.05, 0) is 12.1 Å². The van der Waals surface area contributed by atoms with E-state index in [-0.39, 0.29) is 17.9 Å². The maximum atomic E-state index is 11.5. The van der Waals surface area contributed by atoms with Crippen LogP contribution in [0.3, 0.4) is 0 Å². The van der Waals surface area contributed by atoms with Crippen molar-refractivity contribution in [3.8, 4) is 11.5 Å². The molecule has 0 aromatic heterocycles. The van der Waals surface area contributed by atoms with Gasteiger partial charge in [0.1, 0.15) is 21.3 Å². The summed E-state index contributed by atoms with van der Waals surface area (Å²) in [5, 5.41) is 0. The number of hydrogen-bond donors (Lipinski definition) is 2. The van der Waals surface area contributed by atoms with Gasteiger partial charge >= 0.3 is 0 Å². The van der Waals surface area contributed by atoms with Crippen LogP contribution < -0.4 is 9.47 Å². The summed E-state index contributed by atoms with van der Waals surface area (Å²) in [6.45, 7) is 0. The van der Waals surface area contributed by atoms with Gasteiger partial charge in [-0.25, -0.2) is 0 Å². The van der Waals surface area contributed by atoms with Crippen molar-refractivity contribution in [2.75, 3.05) is 14.2 Å². The first-order valence-corrected chi connectivity index (χ1v) is 9.74. The molecule has 0 radical (unpaired) electrons. The molecule has 0 amide bonds. The molecule has 0 aliphatic carbocycles. The topological polar surface area (TPSA) is 127 Å².